The summed E-state index contributed by atoms with van der Waals surface area (Å²) in [5, 5.41) is 6.78. The molecule has 28 heavy (non-hydrogen) atoms. The molecule has 0 fully saturated rings. The molecule has 6 nitrogen and oxygen atoms in total. The minimum absolute atomic E-state index is 0.280. The van der Waals surface area contributed by atoms with Crippen LogP contribution in [0.25, 0.3) is 0 Å². The van der Waals surface area contributed by atoms with Gasteiger partial charge in [0.25, 0.3) is 5.91 Å². The minimum atomic E-state index is -0.280. The molecule has 144 valence electrons. The Balaban J connectivity index is 1.58. The van der Waals surface area contributed by atoms with Crippen LogP contribution in [-0.4, -0.2) is 36.5 Å². The van der Waals surface area contributed by atoms with Crippen LogP contribution in [0.3, 0.4) is 0 Å². The van der Waals surface area contributed by atoms with Gasteiger partial charge in [0.1, 0.15) is 17.8 Å². The van der Waals surface area contributed by atoms with Crippen molar-refractivity contribution in [3.63, 3.8) is 0 Å². The Bertz CT molecular complexity index is 944. The molecule has 1 amide bonds. The number of nitrogens with zero attached hydrogens (tertiary/aromatic N) is 3. The second-order valence-electron chi connectivity index (χ2n) is 6.49. The van der Waals surface area contributed by atoms with Crippen LogP contribution in [0.1, 0.15) is 16.1 Å². The molecule has 0 aliphatic heterocycles. The number of hydrogen-bond acceptors (Lipinski definition) is 5. The van der Waals surface area contributed by atoms with Crippen LogP contribution >= 0.6 is 11.6 Å². The molecule has 0 unspecified atom stereocenters. The molecule has 0 saturated heterocycles. The van der Waals surface area contributed by atoms with Crippen molar-refractivity contribution in [2.75, 3.05) is 36.2 Å². The second kappa shape index (κ2) is 9.19. The summed E-state index contributed by atoms with van der Waals surface area (Å²) >= 11 is 6.00. The SMILES string of the molecule is CN(C)c1ccc(NC(=O)c2cc(NCCc3cccc(Cl)c3)ncn2)cc1. The van der Waals surface area contributed by atoms with Gasteiger partial charge in [-0.3, -0.25) is 4.79 Å². The monoisotopic (exact) mass is 395 g/mol. The molecular weight excluding hydrogens is 374 g/mol. The summed E-state index contributed by atoms with van der Waals surface area (Å²) < 4.78 is 0. The summed E-state index contributed by atoms with van der Waals surface area (Å²) in [7, 11) is 3.94. The Morgan fingerprint density at radius 3 is 2.57 bits per heavy atom. The third-order valence-corrected chi connectivity index (χ3v) is 4.39. The van der Waals surface area contributed by atoms with Crippen LogP contribution in [0.2, 0.25) is 5.02 Å². The van der Waals surface area contributed by atoms with E-state index in [4.69, 9.17) is 11.6 Å². The van der Waals surface area contributed by atoms with E-state index < -0.39 is 0 Å². The molecule has 0 bridgehead atoms. The van der Waals surface area contributed by atoms with Gasteiger partial charge in [0.05, 0.1) is 0 Å². The van der Waals surface area contributed by atoms with Gasteiger partial charge >= 0.3 is 0 Å². The Morgan fingerprint density at radius 1 is 1.07 bits per heavy atom. The van der Waals surface area contributed by atoms with Crippen molar-refractivity contribution in [1.29, 1.82) is 0 Å². The molecule has 2 aromatic carbocycles. The number of aromatic nitrogens is 2. The number of benzene rings is 2. The first kappa shape index (κ1) is 19.6. The molecule has 7 heteroatoms. The highest BCUT2D eigenvalue weighted by Crippen LogP contribution is 2.17. The van der Waals surface area contributed by atoms with Gasteiger partial charge in [0, 0.05) is 43.1 Å². The molecular formula is C21H22ClN5O. The predicted octanol–water partition coefficient (Wildman–Crippen LogP) is 4.10. The smallest absolute Gasteiger partial charge is 0.274 e. The highest BCUT2D eigenvalue weighted by molar-refractivity contribution is 6.30. The van der Waals surface area contributed by atoms with E-state index in [1.165, 1.54) is 6.33 Å². The first-order valence-electron chi connectivity index (χ1n) is 8.90. The van der Waals surface area contributed by atoms with Crippen molar-refractivity contribution in [2.24, 2.45) is 0 Å². The number of carbonyl (C=O) groups is 1. The zero-order valence-electron chi connectivity index (χ0n) is 15.8. The highest BCUT2D eigenvalue weighted by Gasteiger charge is 2.09. The number of anilines is 3. The van der Waals surface area contributed by atoms with Crippen LogP contribution in [-0.2, 0) is 6.42 Å². The average Bonchev–Trinajstić information content (AvgIpc) is 2.69. The van der Waals surface area contributed by atoms with Crippen molar-refractivity contribution >= 4 is 34.7 Å². The van der Waals surface area contributed by atoms with Crippen molar-refractivity contribution in [3.8, 4) is 0 Å². The molecule has 0 atom stereocenters. The molecule has 3 aromatic rings. The van der Waals surface area contributed by atoms with Gasteiger partial charge < -0.3 is 15.5 Å². The number of halogens is 1. The molecule has 0 radical (unpaired) electrons. The fourth-order valence-corrected chi connectivity index (χ4v) is 2.86. The first-order valence-corrected chi connectivity index (χ1v) is 9.28. The maximum atomic E-state index is 12.5. The lowest BCUT2D eigenvalue weighted by Gasteiger charge is -2.13. The van der Waals surface area contributed by atoms with E-state index in [0.29, 0.717) is 23.7 Å². The maximum Gasteiger partial charge on any atom is 0.274 e. The topological polar surface area (TPSA) is 70.2 Å². The lowest BCUT2D eigenvalue weighted by Crippen LogP contribution is -2.15. The minimum Gasteiger partial charge on any atom is -0.378 e. The van der Waals surface area contributed by atoms with Gasteiger partial charge in [-0.05, 0) is 48.4 Å². The molecule has 0 aliphatic rings. The summed E-state index contributed by atoms with van der Waals surface area (Å²) in [5.41, 5.74) is 3.21. The molecule has 1 aromatic heterocycles. The van der Waals surface area contributed by atoms with Crippen molar-refractivity contribution in [1.82, 2.24) is 9.97 Å². The van der Waals surface area contributed by atoms with Gasteiger partial charge in [-0.1, -0.05) is 23.7 Å². The van der Waals surface area contributed by atoms with Crippen molar-refractivity contribution in [3.05, 3.63) is 77.2 Å². The fourth-order valence-electron chi connectivity index (χ4n) is 2.64. The van der Waals surface area contributed by atoms with Gasteiger partial charge in [0.2, 0.25) is 0 Å². The standard InChI is InChI=1S/C21H22ClN5O/c1-27(2)18-8-6-17(7-9-18)26-21(28)19-13-20(25-14-24-19)23-11-10-15-4-3-5-16(22)12-15/h3-9,12-14H,10-11H2,1-2H3,(H,26,28)(H,23,24,25). The predicted molar refractivity (Wildman–Crippen MR) is 114 cm³/mol. The van der Waals surface area contributed by atoms with Crippen molar-refractivity contribution in [2.45, 2.75) is 6.42 Å². The summed E-state index contributed by atoms with van der Waals surface area (Å²) in [5.74, 6) is 0.322. The van der Waals surface area contributed by atoms with E-state index in [0.717, 1.165) is 22.7 Å². The van der Waals surface area contributed by atoms with E-state index in [-0.39, 0.29) is 5.91 Å². The lowest BCUT2D eigenvalue weighted by molar-refractivity contribution is 0.102. The highest BCUT2D eigenvalue weighted by atomic mass is 35.5. The lowest BCUT2D eigenvalue weighted by atomic mass is 10.1. The molecule has 0 spiro atoms. The largest absolute Gasteiger partial charge is 0.378 e. The maximum absolute atomic E-state index is 12.5. The molecule has 0 saturated carbocycles. The molecule has 0 aliphatic carbocycles. The van der Waals surface area contributed by atoms with Crippen molar-refractivity contribution < 1.29 is 4.79 Å². The summed E-state index contributed by atoms with van der Waals surface area (Å²) in [4.78, 5) is 22.7. The van der Waals surface area contributed by atoms with Crippen LogP contribution in [0.5, 0.6) is 0 Å². The molecule has 3 rings (SSSR count). The Labute approximate surface area is 169 Å². The Morgan fingerprint density at radius 2 is 1.86 bits per heavy atom. The number of amides is 1. The third-order valence-electron chi connectivity index (χ3n) is 4.15. The van der Waals surface area contributed by atoms with E-state index in [2.05, 4.69) is 20.6 Å². The number of rotatable bonds is 7. The fraction of sp³-hybridized carbons (Fsp3) is 0.190. The molecule has 1 heterocycles. The third kappa shape index (κ3) is 5.44. The molecule has 2 N–H and O–H groups in total. The van der Waals surface area contributed by atoms with E-state index in [9.17, 15) is 4.79 Å². The van der Waals surface area contributed by atoms with Gasteiger partial charge in [-0.15, -0.1) is 0 Å². The zero-order valence-corrected chi connectivity index (χ0v) is 16.6. The van der Waals surface area contributed by atoms with E-state index >= 15 is 0 Å². The summed E-state index contributed by atoms with van der Waals surface area (Å²) in [6, 6.07) is 17.0. The van der Waals surface area contributed by atoms with Crippen LogP contribution < -0.4 is 15.5 Å². The first-order chi connectivity index (χ1) is 13.5. The van der Waals surface area contributed by atoms with Gasteiger partial charge in [-0.25, -0.2) is 9.97 Å². The summed E-state index contributed by atoms with van der Waals surface area (Å²) in [6.45, 7) is 0.671. The van der Waals surface area contributed by atoms with Crippen LogP contribution in [0, 0.1) is 0 Å². The number of nitrogens with one attached hydrogen (secondary N) is 2. The zero-order chi connectivity index (χ0) is 19.9. The van der Waals surface area contributed by atoms with Gasteiger partial charge in [0.15, 0.2) is 0 Å². The second-order valence-corrected chi connectivity index (χ2v) is 6.93. The number of carbonyl (C=O) groups excluding carboxylic acids is 1. The van der Waals surface area contributed by atoms with Gasteiger partial charge in [-0.2, -0.15) is 0 Å². The summed E-state index contributed by atoms with van der Waals surface area (Å²) in [6.07, 6.45) is 2.18. The normalized spacial score (nSPS) is 10.4. The van der Waals surface area contributed by atoms with E-state index in [1.54, 1.807) is 6.07 Å². The Hall–Kier alpha value is -3.12. The van der Waals surface area contributed by atoms with E-state index in [1.807, 2.05) is 67.5 Å². The van der Waals surface area contributed by atoms with Crippen LogP contribution in [0.15, 0.2) is 60.9 Å². The average molecular weight is 396 g/mol. The van der Waals surface area contributed by atoms with Crippen LogP contribution in [0.4, 0.5) is 17.2 Å². The Kier molecular flexibility index (Phi) is 6.45. The number of hydrogen-bond donors (Lipinski definition) is 2. The quantitative estimate of drug-likeness (QED) is 0.630.